The van der Waals surface area contributed by atoms with Crippen molar-refractivity contribution in [2.24, 2.45) is 5.92 Å². The van der Waals surface area contributed by atoms with E-state index in [-0.39, 0.29) is 23.7 Å². The van der Waals surface area contributed by atoms with Gasteiger partial charge in [0, 0.05) is 0 Å². The lowest BCUT2D eigenvalue weighted by atomic mass is 9.89. The predicted octanol–water partition coefficient (Wildman–Crippen LogP) is 3.89. The lowest BCUT2D eigenvalue weighted by molar-refractivity contribution is -0.141. The summed E-state index contributed by atoms with van der Waals surface area (Å²) in [5.41, 5.74) is 0.198. The Balaban J connectivity index is 2.69. The fraction of sp³-hybridized carbons (Fsp3) is 0.375. The summed E-state index contributed by atoms with van der Waals surface area (Å²) in [5, 5.41) is 0.609. The molecule has 0 aliphatic carbocycles. The highest BCUT2D eigenvalue weighted by Crippen LogP contribution is 2.39. The van der Waals surface area contributed by atoms with Crippen molar-refractivity contribution in [1.82, 2.24) is 0 Å². The van der Waals surface area contributed by atoms with Crippen molar-refractivity contribution in [3.63, 3.8) is 0 Å². The number of hydrogen-bond donors (Lipinski definition) is 0. The van der Waals surface area contributed by atoms with Gasteiger partial charge in [-0.1, -0.05) is 36.2 Å². The van der Waals surface area contributed by atoms with Crippen molar-refractivity contribution in [3.05, 3.63) is 39.4 Å². The molecule has 1 aliphatic heterocycles. The second-order valence-electron chi connectivity index (χ2n) is 5.00. The summed E-state index contributed by atoms with van der Waals surface area (Å²) in [6, 6.07) is 4.92. The minimum atomic E-state index is -0.725. The van der Waals surface area contributed by atoms with E-state index in [1.165, 1.54) is 0 Å². The molecule has 2 atom stereocenters. The molecule has 0 radical (unpaired) electrons. The molecule has 0 amide bonds. The summed E-state index contributed by atoms with van der Waals surface area (Å²) in [6.07, 6.45) is -0.395. The number of rotatable bonds is 3. The molecule has 118 valence electrons. The van der Waals surface area contributed by atoms with Crippen molar-refractivity contribution in [1.29, 1.82) is 0 Å². The zero-order valence-corrected chi connectivity index (χ0v) is 14.0. The molecule has 1 aromatic carbocycles. The van der Waals surface area contributed by atoms with E-state index in [4.69, 9.17) is 32.7 Å². The van der Waals surface area contributed by atoms with E-state index in [0.717, 1.165) is 0 Å². The topological polar surface area (TPSA) is 52.6 Å². The van der Waals surface area contributed by atoms with Crippen LogP contribution in [0.5, 0.6) is 0 Å². The molecule has 1 heterocycles. The second-order valence-corrected chi connectivity index (χ2v) is 5.81. The maximum atomic E-state index is 12.5. The van der Waals surface area contributed by atoms with Crippen LogP contribution in [0.2, 0.25) is 10.0 Å². The number of benzene rings is 1. The normalized spacial score (nSPS) is 21.6. The van der Waals surface area contributed by atoms with E-state index in [1.807, 2.05) is 0 Å². The summed E-state index contributed by atoms with van der Waals surface area (Å²) < 4.78 is 10.8. The maximum Gasteiger partial charge on any atom is 0.345 e. The fourth-order valence-electron chi connectivity index (χ4n) is 2.19. The lowest BCUT2D eigenvalue weighted by Gasteiger charge is -2.30. The largest absolute Gasteiger partial charge is 0.488 e. The number of esters is 1. The van der Waals surface area contributed by atoms with Crippen LogP contribution in [0.25, 0.3) is 5.76 Å². The minimum absolute atomic E-state index is 0.0876. The molecule has 22 heavy (non-hydrogen) atoms. The fourth-order valence-corrected chi connectivity index (χ4v) is 2.76. The highest BCUT2D eigenvalue weighted by atomic mass is 35.5. The number of Topliss-reactive ketones (excluding diaryl/α,β-unsaturated/α-hetero) is 1. The van der Waals surface area contributed by atoms with Gasteiger partial charge >= 0.3 is 5.97 Å². The molecule has 0 saturated heterocycles. The first-order valence-corrected chi connectivity index (χ1v) is 7.70. The third-order valence-corrected chi connectivity index (χ3v) is 4.19. The number of ether oxygens (including phenoxy) is 2. The lowest BCUT2D eigenvalue weighted by Crippen LogP contribution is -2.35. The molecular formula is C16H16Cl2O4. The van der Waals surface area contributed by atoms with E-state index in [1.54, 1.807) is 39.0 Å². The van der Waals surface area contributed by atoms with Crippen LogP contribution in [0.3, 0.4) is 0 Å². The van der Waals surface area contributed by atoms with Crippen molar-refractivity contribution < 1.29 is 19.1 Å². The molecule has 0 fully saturated rings. The van der Waals surface area contributed by atoms with Crippen LogP contribution in [-0.2, 0) is 19.1 Å². The van der Waals surface area contributed by atoms with Crippen molar-refractivity contribution in [2.45, 2.75) is 26.9 Å². The Morgan fingerprint density at radius 2 is 1.86 bits per heavy atom. The van der Waals surface area contributed by atoms with E-state index < -0.39 is 18.0 Å². The third kappa shape index (κ3) is 2.99. The van der Waals surface area contributed by atoms with Crippen LogP contribution in [0.15, 0.2) is 23.8 Å². The number of halogens is 2. The van der Waals surface area contributed by atoms with Crippen LogP contribution in [-0.4, -0.2) is 24.5 Å². The monoisotopic (exact) mass is 342 g/mol. The number of ketones is 1. The summed E-state index contributed by atoms with van der Waals surface area (Å²) in [7, 11) is 0. The van der Waals surface area contributed by atoms with Gasteiger partial charge in [0.1, 0.15) is 17.4 Å². The van der Waals surface area contributed by atoms with Gasteiger partial charge in [-0.05, 0) is 26.0 Å². The molecule has 1 aromatic rings. The zero-order valence-electron chi connectivity index (χ0n) is 12.5. The van der Waals surface area contributed by atoms with Gasteiger partial charge in [0.2, 0.25) is 0 Å². The van der Waals surface area contributed by atoms with E-state index in [0.29, 0.717) is 15.6 Å². The Morgan fingerprint density at radius 1 is 1.27 bits per heavy atom. The maximum absolute atomic E-state index is 12.5. The third-order valence-electron chi connectivity index (χ3n) is 3.56. The average molecular weight is 343 g/mol. The quantitative estimate of drug-likeness (QED) is 0.617. The Kier molecular flexibility index (Phi) is 5.14. The molecule has 0 N–H and O–H groups in total. The predicted molar refractivity (Wildman–Crippen MR) is 84.7 cm³/mol. The Morgan fingerprint density at radius 3 is 2.41 bits per heavy atom. The molecule has 6 heteroatoms. The summed E-state index contributed by atoms with van der Waals surface area (Å²) in [4.78, 5) is 24.7. The summed E-state index contributed by atoms with van der Waals surface area (Å²) >= 11 is 12.4. The van der Waals surface area contributed by atoms with Gasteiger partial charge in [-0.3, -0.25) is 4.79 Å². The molecule has 4 nitrogen and oxygen atoms in total. The Labute approximate surface area is 139 Å². The van der Waals surface area contributed by atoms with Gasteiger partial charge in [-0.15, -0.1) is 0 Å². The average Bonchev–Trinajstić information content (AvgIpc) is 2.45. The molecule has 0 bridgehead atoms. The Bertz CT molecular complexity index is 631. The van der Waals surface area contributed by atoms with Crippen molar-refractivity contribution >= 4 is 40.7 Å². The standard InChI is InChI=1S/C16H16Cl2O4/c1-4-21-16(20)13-14(19)8(2)9(3)22-15(13)12-10(17)6-5-7-11(12)18/h5-9H,4H2,1-3H3. The van der Waals surface area contributed by atoms with Gasteiger partial charge in [-0.25, -0.2) is 4.79 Å². The molecule has 0 spiro atoms. The minimum Gasteiger partial charge on any atom is -0.488 e. The van der Waals surface area contributed by atoms with Gasteiger partial charge in [0.05, 0.1) is 28.1 Å². The van der Waals surface area contributed by atoms with E-state index >= 15 is 0 Å². The zero-order chi connectivity index (χ0) is 16.4. The first-order valence-electron chi connectivity index (χ1n) is 6.95. The number of carbonyl (C=O) groups excluding carboxylic acids is 2. The van der Waals surface area contributed by atoms with Crippen LogP contribution in [0.4, 0.5) is 0 Å². The van der Waals surface area contributed by atoms with Crippen LogP contribution >= 0.6 is 23.2 Å². The first kappa shape index (κ1) is 16.8. The summed E-state index contributed by atoms with van der Waals surface area (Å²) in [5.74, 6) is -1.42. The molecule has 1 aliphatic rings. The van der Waals surface area contributed by atoms with Crippen LogP contribution in [0.1, 0.15) is 26.3 Å². The Hall–Kier alpha value is -1.52. The SMILES string of the molecule is CCOC(=O)C1=C(c2c(Cl)cccc2Cl)OC(C)C(C)C1=O. The van der Waals surface area contributed by atoms with Gasteiger partial charge < -0.3 is 9.47 Å². The van der Waals surface area contributed by atoms with E-state index in [9.17, 15) is 9.59 Å². The van der Waals surface area contributed by atoms with E-state index in [2.05, 4.69) is 0 Å². The van der Waals surface area contributed by atoms with Crippen molar-refractivity contribution in [3.8, 4) is 0 Å². The molecule has 0 aromatic heterocycles. The van der Waals surface area contributed by atoms with Crippen LogP contribution < -0.4 is 0 Å². The smallest absolute Gasteiger partial charge is 0.345 e. The highest BCUT2D eigenvalue weighted by molar-refractivity contribution is 6.38. The first-order chi connectivity index (χ1) is 10.4. The van der Waals surface area contributed by atoms with Crippen LogP contribution in [0, 0.1) is 5.92 Å². The summed E-state index contributed by atoms with van der Waals surface area (Å²) in [6.45, 7) is 5.29. The molecule has 2 rings (SSSR count). The number of hydrogen-bond acceptors (Lipinski definition) is 4. The second kappa shape index (κ2) is 6.71. The number of carbonyl (C=O) groups is 2. The molecule has 2 unspecified atom stereocenters. The molecular weight excluding hydrogens is 327 g/mol. The van der Waals surface area contributed by atoms with Gasteiger partial charge in [-0.2, -0.15) is 0 Å². The van der Waals surface area contributed by atoms with Gasteiger partial charge in [0.25, 0.3) is 0 Å². The van der Waals surface area contributed by atoms with Gasteiger partial charge in [0.15, 0.2) is 5.78 Å². The highest BCUT2D eigenvalue weighted by Gasteiger charge is 2.39. The molecule has 0 saturated carbocycles. The van der Waals surface area contributed by atoms with Crippen molar-refractivity contribution in [2.75, 3.05) is 6.61 Å².